The predicted molar refractivity (Wildman–Crippen MR) is 345 cm³/mol. The van der Waals surface area contributed by atoms with Gasteiger partial charge in [0.1, 0.15) is 48.8 Å². The second kappa shape index (κ2) is 54.8. The van der Waals surface area contributed by atoms with Gasteiger partial charge in [-0.1, -0.05) is 245 Å². The Morgan fingerprint density at radius 1 is 0.435 bits per heavy atom. The van der Waals surface area contributed by atoms with Crippen molar-refractivity contribution in [2.75, 3.05) is 19.8 Å². The maximum absolute atomic E-state index is 13.3. The summed E-state index contributed by atoms with van der Waals surface area (Å²) in [6.07, 6.45) is 61.6. The number of carbonyl (C=O) groups is 1. The van der Waals surface area contributed by atoms with Crippen molar-refractivity contribution in [2.24, 2.45) is 0 Å². The van der Waals surface area contributed by atoms with E-state index in [9.17, 15) is 45.6 Å². The largest absolute Gasteiger partial charge is 0.394 e. The van der Waals surface area contributed by atoms with E-state index in [1.165, 1.54) is 122 Å². The molecule has 14 heteroatoms. The Morgan fingerprint density at radius 3 is 1.29 bits per heavy atom. The van der Waals surface area contributed by atoms with Crippen LogP contribution >= 0.6 is 0 Å². The summed E-state index contributed by atoms with van der Waals surface area (Å²) in [5.74, 6) is -0.256. The van der Waals surface area contributed by atoms with Crippen LogP contribution < -0.4 is 5.32 Å². The fraction of sp³-hybridized carbons (Fsp3) is 0.732. The number of hydrogen-bond acceptors (Lipinski definition) is 13. The van der Waals surface area contributed by atoms with Crippen molar-refractivity contribution >= 4 is 5.91 Å². The number of nitrogens with one attached hydrogen (secondary N) is 1. The van der Waals surface area contributed by atoms with Crippen LogP contribution in [-0.4, -0.2) is 140 Å². The SMILES string of the molecule is CC/C=C\C/C=C\C/C=C\C/C=C\C/C=C\C/C=C\CCCCCCCCCCCCCCCCCCCCC(=O)NC(COC1OC(CO)C(OC2OC(CO)C(O)C(O)C2O)C(O)C1O)C(O)/C=C/CC/C=C/CC/C=C/CCCCCC. The van der Waals surface area contributed by atoms with Gasteiger partial charge in [-0.05, 0) is 96.3 Å². The number of allylic oxidation sites excluding steroid dienone is 17. The van der Waals surface area contributed by atoms with E-state index < -0.39 is 86.8 Å². The molecular weight excluding hydrogens is 1070 g/mol. The minimum Gasteiger partial charge on any atom is -0.394 e. The minimum absolute atomic E-state index is 0.256. The van der Waals surface area contributed by atoms with E-state index in [1.54, 1.807) is 6.08 Å². The molecule has 2 saturated heterocycles. The van der Waals surface area contributed by atoms with Crippen molar-refractivity contribution in [3.05, 3.63) is 109 Å². The number of ether oxygens (including phenoxy) is 4. The van der Waals surface area contributed by atoms with Crippen LogP contribution in [0.5, 0.6) is 0 Å². The van der Waals surface area contributed by atoms with Gasteiger partial charge in [-0.3, -0.25) is 4.79 Å². The molecule has 12 unspecified atom stereocenters. The number of unbranched alkanes of at least 4 members (excludes halogenated alkanes) is 24. The zero-order chi connectivity index (χ0) is 61.6. The minimum atomic E-state index is -1.80. The van der Waals surface area contributed by atoms with Crippen LogP contribution in [0.25, 0.3) is 0 Å². The van der Waals surface area contributed by atoms with Gasteiger partial charge in [0, 0.05) is 6.42 Å². The first-order valence-electron chi connectivity index (χ1n) is 33.6. The summed E-state index contributed by atoms with van der Waals surface area (Å²) >= 11 is 0. The smallest absolute Gasteiger partial charge is 0.220 e. The van der Waals surface area contributed by atoms with E-state index in [0.29, 0.717) is 12.8 Å². The molecule has 2 aliphatic rings. The van der Waals surface area contributed by atoms with Crippen molar-refractivity contribution in [1.82, 2.24) is 5.32 Å². The van der Waals surface area contributed by atoms with Gasteiger partial charge in [-0.15, -0.1) is 0 Å². The third-order valence-corrected chi connectivity index (χ3v) is 15.7. The summed E-state index contributed by atoms with van der Waals surface area (Å²) < 4.78 is 22.8. The molecule has 0 aromatic heterocycles. The first-order valence-corrected chi connectivity index (χ1v) is 33.6. The molecular formula is C71H121NO13. The Kier molecular flexibility index (Phi) is 50.1. The van der Waals surface area contributed by atoms with Gasteiger partial charge in [0.2, 0.25) is 5.91 Å². The number of rotatable bonds is 53. The highest BCUT2D eigenvalue weighted by Crippen LogP contribution is 2.30. The number of amides is 1. The average Bonchev–Trinajstić information content (AvgIpc) is 3.65. The van der Waals surface area contributed by atoms with E-state index in [4.69, 9.17) is 18.9 Å². The van der Waals surface area contributed by atoms with Gasteiger partial charge in [0.05, 0.1) is 32.0 Å². The zero-order valence-corrected chi connectivity index (χ0v) is 52.8. The second-order valence-corrected chi connectivity index (χ2v) is 23.2. The highest BCUT2D eigenvalue weighted by Gasteiger charge is 2.51. The molecule has 9 N–H and O–H groups in total. The average molecular weight is 1200 g/mol. The molecule has 0 aliphatic carbocycles. The van der Waals surface area contributed by atoms with Gasteiger partial charge >= 0.3 is 0 Å². The lowest BCUT2D eigenvalue weighted by Crippen LogP contribution is -2.65. The first kappa shape index (κ1) is 77.7. The first-order chi connectivity index (χ1) is 41.6. The Morgan fingerprint density at radius 2 is 0.824 bits per heavy atom. The molecule has 2 aliphatic heterocycles. The number of carbonyl (C=O) groups excluding carboxylic acids is 1. The maximum Gasteiger partial charge on any atom is 0.220 e. The summed E-state index contributed by atoms with van der Waals surface area (Å²) in [4.78, 5) is 13.3. The Bertz CT molecular complexity index is 1840. The van der Waals surface area contributed by atoms with Crippen molar-refractivity contribution < 1.29 is 64.6 Å². The Labute approximate surface area is 515 Å². The highest BCUT2D eigenvalue weighted by molar-refractivity contribution is 5.76. The van der Waals surface area contributed by atoms with Crippen LogP contribution in [0.4, 0.5) is 0 Å². The lowest BCUT2D eigenvalue weighted by Gasteiger charge is -2.46. The number of aliphatic hydroxyl groups is 8. The van der Waals surface area contributed by atoms with Gasteiger partial charge in [-0.2, -0.15) is 0 Å². The Hall–Kier alpha value is -3.35. The van der Waals surface area contributed by atoms with Crippen LogP contribution in [0, 0.1) is 0 Å². The van der Waals surface area contributed by atoms with E-state index in [0.717, 1.165) is 83.5 Å². The number of aliphatic hydroxyl groups excluding tert-OH is 8. The maximum atomic E-state index is 13.3. The van der Waals surface area contributed by atoms with Gasteiger partial charge < -0.3 is 65.1 Å². The fourth-order valence-corrected chi connectivity index (χ4v) is 10.3. The monoisotopic (exact) mass is 1200 g/mol. The van der Waals surface area contributed by atoms with Crippen LogP contribution in [0.3, 0.4) is 0 Å². The molecule has 488 valence electrons. The molecule has 2 rings (SSSR count). The van der Waals surface area contributed by atoms with Crippen LogP contribution in [0.2, 0.25) is 0 Å². The van der Waals surface area contributed by atoms with Gasteiger partial charge in [0.15, 0.2) is 12.6 Å². The molecule has 2 heterocycles. The lowest BCUT2D eigenvalue weighted by molar-refractivity contribution is -0.359. The standard InChI is InChI=1S/C71H121NO13/c1-3-5-7-9-11-13-15-17-19-20-21-22-23-24-25-26-27-28-29-30-31-32-33-34-35-36-37-38-39-40-41-43-45-47-49-51-53-55-63(76)72-59(60(75)54-52-50-48-46-44-42-18-16-14-12-10-8-6-4-2)58-82-70-68(81)66(79)69(62(57-74)84-70)85-71-67(80)65(78)64(77)61(56-73)83-71/h5,7,11,13-14,16-17,19,21-22,24-25,27-28,44,46,52,54,59-62,64-71,73-75,77-81H,3-4,6,8-10,12,15,18,20,23,26,29-43,45,47-51,53,55-58H2,1-2H3,(H,72,76)/b7-5-,13-11-,16-14+,19-17-,22-21-,25-24-,28-27-,46-44+,54-52+. The summed E-state index contributed by atoms with van der Waals surface area (Å²) in [7, 11) is 0. The topological polar surface area (TPSA) is 228 Å². The van der Waals surface area contributed by atoms with E-state index >= 15 is 0 Å². The number of hydrogen-bond donors (Lipinski definition) is 9. The third kappa shape index (κ3) is 39.3. The third-order valence-electron chi connectivity index (χ3n) is 15.7. The van der Waals surface area contributed by atoms with E-state index in [2.05, 4.69) is 116 Å². The molecule has 0 bridgehead atoms. The molecule has 0 radical (unpaired) electrons. The van der Waals surface area contributed by atoms with E-state index in [-0.39, 0.29) is 18.9 Å². The molecule has 14 nitrogen and oxygen atoms in total. The normalized spacial score (nSPS) is 24.3. The van der Waals surface area contributed by atoms with Crippen LogP contribution in [-0.2, 0) is 23.7 Å². The van der Waals surface area contributed by atoms with Crippen LogP contribution in [0.1, 0.15) is 239 Å². The molecule has 0 saturated carbocycles. The quantitative estimate of drug-likeness (QED) is 0.0204. The molecule has 85 heavy (non-hydrogen) atoms. The Balaban J connectivity index is 1.61. The van der Waals surface area contributed by atoms with E-state index in [1.807, 2.05) is 6.08 Å². The highest BCUT2D eigenvalue weighted by atomic mass is 16.7. The molecule has 12 atom stereocenters. The van der Waals surface area contributed by atoms with Gasteiger partial charge in [-0.25, -0.2) is 0 Å². The van der Waals surface area contributed by atoms with Crippen molar-refractivity contribution in [3.63, 3.8) is 0 Å². The van der Waals surface area contributed by atoms with Crippen molar-refractivity contribution in [3.8, 4) is 0 Å². The second-order valence-electron chi connectivity index (χ2n) is 23.2. The fourth-order valence-electron chi connectivity index (χ4n) is 10.3. The molecule has 2 fully saturated rings. The summed E-state index contributed by atoms with van der Waals surface area (Å²) in [6, 6.07) is -0.942. The lowest BCUT2D eigenvalue weighted by atomic mass is 9.97. The molecule has 0 aromatic carbocycles. The summed E-state index contributed by atoms with van der Waals surface area (Å²) in [5.41, 5.74) is 0. The zero-order valence-electron chi connectivity index (χ0n) is 52.8. The molecule has 0 spiro atoms. The summed E-state index contributed by atoms with van der Waals surface area (Å²) in [5, 5.41) is 87.1. The van der Waals surface area contributed by atoms with Crippen molar-refractivity contribution in [2.45, 2.75) is 312 Å². The summed E-state index contributed by atoms with van der Waals surface area (Å²) in [6.45, 7) is 2.63. The van der Waals surface area contributed by atoms with Crippen LogP contribution in [0.15, 0.2) is 109 Å². The van der Waals surface area contributed by atoms with Gasteiger partial charge in [0.25, 0.3) is 0 Å². The molecule has 0 aromatic rings. The molecule has 1 amide bonds. The van der Waals surface area contributed by atoms with Crippen molar-refractivity contribution in [1.29, 1.82) is 0 Å². The predicted octanol–water partition coefficient (Wildman–Crippen LogP) is 13.2.